The maximum atomic E-state index is 12.9. The van der Waals surface area contributed by atoms with Gasteiger partial charge in [-0.3, -0.25) is 25.0 Å². The number of hydrogen-bond acceptors (Lipinski definition) is 8. The number of non-ortho nitro benzene ring substituents is 2. The molecule has 11 heteroatoms. The van der Waals surface area contributed by atoms with Crippen LogP contribution in [-0.2, 0) is 0 Å². The number of carbonyl (C=O) groups is 1. The number of nitrogens with zero attached hydrogens (tertiary/aromatic N) is 2. The van der Waals surface area contributed by atoms with Crippen LogP contribution >= 0.6 is 11.6 Å². The molecule has 0 aliphatic heterocycles. The third-order valence-corrected chi connectivity index (χ3v) is 5.01. The third-order valence-electron chi connectivity index (χ3n) is 4.68. The molecule has 1 heterocycles. The van der Waals surface area contributed by atoms with Crippen LogP contribution in [0.2, 0.25) is 5.02 Å². The van der Waals surface area contributed by atoms with E-state index in [-0.39, 0.29) is 33.3 Å². The molecular formula is C22H11ClN2O8. The largest absolute Gasteiger partial charge is 0.463 e. The molecule has 3 aromatic carbocycles. The summed E-state index contributed by atoms with van der Waals surface area (Å²) in [5.41, 5.74) is -1.13. The quantitative estimate of drug-likeness (QED) is 0.170. The SMILES string of the molecule is O=C(Oc1ccc2c(=O)c(-c3ccccc3Cl)coc2c1)c1cc([N+](=O)[O-])cc([N+](=O)[O-])c1. The lowest BCUT2D eigenvalue weighted by Crippen LogP contribution is -2.10. The van der Waals surface area contributed by atoms with Gasteiger partial charge in [-0.05, 0) is 18.2 Å². The van der Waals surface area contributed by atoms with Crippen molar-refractivity contribution in [1.29, 1.82) is 0 Å². The number of rotatable bonds is 5. The smallest absolute Gasteiger partial charge is 0.344 e. The molecular weight excluding hydrogens is 456 g/mol. The molecule has 10 nitrogen and oxygen atoms in total. The molecule has 33 heavy (non-hydrogen) atoms. The van der Waals surface area contributed by atoms with Gasteiger partial charge in [0.1, 0.15) is 17.6 Å². The maximum absolute atomic E-state index is 12.9. The fourth-order valence-corrected chi connectivity index (χ4v) is 3.37. The van der Waals surface area contributed by atoms with Crippen LogP contribution in [0, 0.1) is 20.2 Å². The molecule has 0 unspecified atom stereocenters. The number of carbonyl (C=O) groups excluding carboxylic acids is 1. The van der Waals surface area contributed by atoms with E-state index in [0.717, 1.165) is 18.2 Å². The summed E-state index contributed by atoms with van der Waals surface area (Å²) in [6, 6.07) is 13.2. The molecule has 0 aliphatic rings. The van der Waals surface area contributed by atoms with Crippen LogP contribution in [0.25, 0.3) is 22.1 Å². The zero-order valence-corrected chi connectivity index (χ0v) is 17.1. The zero-order valence-electron chi connectivity index (χ0n) is 16.4. The Hall–Kier alpha value is -4.57. The lowest BCUT2D eigenvalue weighted by molar-refractivity contribution is -0.394. The zero-order chi connectivity index (χ0) is 23.7. The number of halogens is 1. The fourth-order valence-electron chi connectivity index (χ4n) is 3.13. The number of hydrogen-bond donors (Lipinski definition) is 0. The second-order valence-corrected chi connectivity index (χ2v) is 7.17. The van der Waals surface area contributed by atoms with E-state index in [2.05, 4.69) is 0 Å². The van der Waals surface area contributed by atoms with E-state index in [9.17, 15) is 29.8 Å². The van der Waals surface area contributed by atoms with E-state index in [1.165, 1.54) is 24.5 Å². The molecule has 4 rings (SSSR count). The average Bonchev–Trinajstić information content (AvgIpc) is 2.79. The van der Waals surface area contributed by atoms with Gasteiger partial charge >= 0.3 is 5.97 Å². The highest BCUT2D eigenvalue weighted by molar-refractivity contribution is 6.33. The van der Waals surface area contributed by atoms with E-state index in [1.54, 1.807) is 24.3 Å². The second kappa shape index (κ2) is 8.52. The molecule has 0 fully saturated rings. The normalized spacial score (nSPS) is 10.7. The molecule has 0 radical (unpaired) electrons. The van der Waals surface area contributed by atoms with E-state index in [1.807, 2.05) is 0 Å². The van der Waals surface area contributed by atoms with Gasteiger partial charge in [0.2, 0.25) is 5.43 Å². The van der Waals surface area contributed by atoms with E-state index in [0.29, 0.717) is 10.6 Å². The van der Waals surface area contributed by atoms with E-state index < -0.39 is 27.2 Å². The van der Waals surface area contributed by atoms with Crippen molar-refractivity contribution in [2.45, 2.75) is 0 Å². The van der Waals surface area contributed by atoms with Crippen LogP contribution in [-0.4, -0.2) is 15.8 Å². The summed E-state index contributed by atoms with van der Waals surface area (Å²) in [7, 11) is 0. The van der Waals surface area contributed by atoms with Crippen molar-refractivity contribution < 1.29 is 23.8 Å². The van der Waals surface area contributed by atoms with Crippen LogP contribution in [0.15, 0.2) is 76.1 Å². The van der Waals surface area contributed by atoms with Gasteiger partial charge in [-0.2, -0.15) is 0 Å². The van der Waals surface area contributed by atoms with E-state index >= 15 is 0 Å². The molecule has 0 atom stereocenters. The molecule has 0 bridgehead atoms. The van der Waals surface area contributed by atoms with Gasteiger partial charge in [0, 0.05) is 28.8 Å². The van der Waals surface area contributed by atoms with Crippen LogP contribution < -0.4 is 10.2 Å². The Morgan fingerprint density at radius 2 is 1.58 bits per heavy atom. The van der Waals surface area contributed by atoms with Gasteiger partial charge in [0.25, 0.3) is 11.4 Å². The van der Waals surface area contributed by atoms with Crippen LogP contribution in [0.4, 0.5) is 11.4 Å². The molecule has 164 valence electrons. The monoisotopic (exact) mass is 466 g/mol. The summed E-state index contributed by atoms with van der Waals surface area (Å²) in [6.45, 7) is 0. The molecule has 0 spiro atoms. The van der Waals surface area contributed by atoms with Gasteiger partial charge in [-0.15, -0.1) is 0 Å². The molecule has 0 amide bonds. The summed E-state index contributed by atoms with van der Waals surface area (Å²) in [6.07, 6.45) is 1.24. The van der Waals surface area contributed by atoms with Crippen LogP contribution in [0.3, 0.4) is 0 Å². The predicted molar refractivity (Wildman–Crippen MR) is 118 cm³/mol. The van der Waals surface area contributed by atoms with Crippen molar-refractivity contribution in [1.82, 2.24) is 0 Å². The molecule has 1 aromatic heterocycles. The minimum atomic E-state index is -1.06. The van der Waals surface area contributed by atoms with Crippen molar-refractivity contribution in [2.75, 3.05) is 0 Å². The average molecular weight is 467 g/mol. The molecule has 0 saturated heterocycles. The van der Waals surface area contributed by atoms with Crippen molar-refractivity contribution in [2.24, 2.45) is 0 Å². The second-order valence-electron chi connectivity index (χ2n) is 6.76. The Morgan fingerprint density at radius 1 is 0.909 bits per heavy atom. The standard InChI is InChI=1S/C22H11ClN2O8/c23-19-4-2-1-3-16(19)18-11-32-20-10-15(5-6-17(20)21(18)26)33-22(27)12-7-13(24(28)29)9-14(8-12)25(30)31/h1-11H. The van der Waals surface area contributed by atoms with Crippen molar-refractivity contribution in [3.05, 3.63) is 108 Å². The minimum absolute atomic E-state index is 0.0321. The molecule has 0 N–H and O–H groups in total. The Labute approximate surface area is 188 Å². The molecule has 0 aliphatic carbocycles. The maximum Gasteiger partial charge on any atom is 0.344 e. The number of nitro benzene ring substituents is 2. The Balaban J connectivity index is 1.68. The van der Waals surface area contributed by atoms with Gasteiger partial charge in [0.15, 0.2) is 0 Å². The first-order valence-corrected chi connectivity index (χ1v) is 9.59. The topological polar surface area (TPSA) is 143 Å². The number of fused-ring (bicyclic) bond motifs is 1. The van der Waals surface area contributed by atoms with Crippen LogP contribution in [0.5, 0.6) is 5.75 Å². The number of esters is 1. The van der Waals surface area contributed by atoms with Gasteiger partial charge in [-0.1, -0.05) is 29.8 Å². The van der Waals surface area contributed by atoms with E-state index in [4.69, 9.17) is 20.8 Å². The van der Waals surface area contributed by atoms with Crippen molar-refractivity contribution in [3.8, 4) is 16.9 Å². The Bertz CT molecular complexity index is 1480. The highest BCUT2D eigenvalue weighted by Crippen LogP contribution is 2.29. The Morgan fingerprint density at radius 3 is 2.21 bits per heavy atom. The van der Waals surface area contributed by atoms with Gasteiger partial charge in [0.05, 0.1) is 32.4 Å². The van der Waals surface area contributed by atoms with Crippen molar-refractivity contribution in [3.63, 3.8) is 0 Å². The lowest BCUT2D eigenvalue weighted by atomic mass is 10.1. The van der Waals surface area contributed by atoms with Gasteiger partial charge in [-0.25, -0.2) is 4.79 Å². The van der Waals surface area contributed by atoms with Crippen LogP contribution in [0.1, 0.15) is 10.4 Å². The minimum Gasteiger partial charge on any atom is -0.463 e. The predicted octanol–water partition coefficient (Wildman–Crippen LogP) is 5.15. The first kappa shape index (κ1) is 21.7. The first-order chi connectivity index (χ1) is 15.7. The summed E-state index contributed by atoms with van der Waals surface area (Å²) < 4.78 is 10.7. The summed E-state index contributed by atoms with van der Waals surface area (Å²) >= 11 is 6.16. The summed E-state index contributed by atoms with van der Waals surface area (Å²) in [5, 5.41) is 22.6. The fraction of sp³-hybridized carbons (Fsp3) is 0. The Kier molecular flexibility index (Phi) is 5.59. The summed E-state index contributed by atoms with van der Waals surface area (Å²) in [5.74, 6) is -1.09. The molecule has 4 aromatic rings. The highest BCUT2D eigenvalue weighted by Gasteiger charge is 2.21. The highest BCUT2D eigenvalue weighted by atomic mass is 35.5. The van der Waals surface area contributed by atoms with Gasteiger partial charge < -0.3 is 9.15 Å². The third kappa shape index (κ3) is 4.27. The number of ether oxygens (including phenoxy) is 1. The first-order valence-electron chi connectivity index (χ1n) is 9.21. The summed E-state index contributed by atoms with van der Waals surface area (Å²) in [4.78, 5) is 45.7. The molecule has 0 saturated carbocycles. The number of nitro groups is 2. The van der Waals surface area contributed by atoms with Crippen molar-refractivity contribution >= 4 is 39.9 Å². The lowest BCUT2D eigenvalue weighted by Gasteiger charge is -2.07. The number of benzene rings is 3.